The van der Waals surface area contributed by atoms with E-state index in [9.17, 15) is 0 Å². The molecule has 5 nitrogen and oxygen atoms in total. The Labute approximate surface area is 476 Å². The van der Waals surface area contributed by atoms with Crippen LogP contribution in [0.5, 0.6) is 11.5 Å². The van der Waals surface area contributed by atoms with Crippen molar-refractivity contribution < 1.29 is 25.8 Å². The average molecular weight is 1200 g/mol. The second-order valence-electron chi connectivity index (χ2n) is 26.0. The zero-order chi connectivity index (χ0) is 53.6. The van der Waals surface area contributed by atoms with E-state index >= 15 is 0 Å². The van der Waals surface area contributed by atoms with E-state index in [-0.39, 0.29) is 61.0 Å². The molecule has 0 aliphatic carbocycles. The minimum atomic E-state index is -0.355. The molecule has 0 atom stereocenters. The van der Waals surface area contributed by atoms with Crippen molar-refractivity contribution in [2.75, 3.05) is 9.80 Å². The van der Waals surface area contributed by atoms with Gasteiger partial charge in [-0.1, -0.05) is 195 Å². The summed E-state index contributed by atoms with van der Waals surface area (Å²) in [4.78, 5) is 9.68. The van der Waals surface area contributed by atoms with E-state index in [0.717, 1.165) is 50.4 Å². The molecule has 0 bridgehead atoms. The SMILES string of the molecule is CC(C)(C)c1cc(N2[CH-]N(c3[c-]c(Oc4[c-]c5c(cc4)c4cc(C(C)(C)C)ccc4n5-c4cc(C(C)(C)C)ccn4)ccc3)c3cc(C(C)(C)c4ccccc4)c(C(C)(C)c4ccccc4)cc32)cc(C(C)(C)C)c1.[CH3-].[Pt+4]. The molecule has 1 aliphatic rings. The zero-order valence-electron chi connectivity index (χ0n) is 48.6. The standard InChI is InChI=1S/C70H75N4O.CH3.Pt/c1-65(2,3)48-30-33-60-57(39-48)56-32-31-55(42-61(56)74(60)64-40-49(34-35-71-64)66(4,5)6)75-54-29-23-28-52(41-54)72-45-73(53-37-50(67(7,8)9)36-51(38-53)68(10,11)12)63-44-59(70(15,16)47-26-21-18-22-27-47)58(43-62(63)72)69(13,14)46-24-19-17-20-25-46;;/h17-40,43-45H,1-16H3;1H3;/q-3;-1;+4. The molecule has 0 saturated carbocycles. The Bertz CT molecular complexity index is 3560. The first-order valence-corrected chi connectivity index (χ1v) is 26.8. The molecule has 0 amide bonds. The molecule has 0 fully saturated rings. The first-order chi connectivity index (χ1) is 35.2. The zero-order valence-corrected chi connectivity index (χ0v) is 50.9. The first kappa shape index (κ1) is 56.8. The minimum Gasteiger partial charge on any atom is -0.509 e. The number of nitrogens with zero attached hydrogens (tertiary/aromatic N) is 4. The summed E-state index contributed by atoms with van der Waals surface area (Å²) in [7, 11) is 0. The molecule has 398 valence electrons. The summed E-state index contributed by atoms with van der Waals surface area (Å²) in [5.41, 5.74) is 15.4. The number of rotatable bonds is 9. The van der Waals surface area contributed by atoms with Gasteiger partial charge in [0.05, 0.1) is 0 Å². The van der Waals surface area contributed by atoms with Crippen LogP contribution < -0.4 is 14.5 Å². The molecule has 0 radical (unpaired) electrons. The van der Waals surface area contributed by atoms with Gasteiger partial charge < -0.3 is 26.5 Å². The van der Waals surface area contributed by atoms with Crippen molar-refractivity contribution in [3.05, 3.63) is 229 Å². The van der Waals surface area contributed by atoms with E-state index in [1.165, 1.54) is 44.5 Å². The van der Waals surface area contributed by atoms with Crippen molar-refractivity contribution >= 4 is 44.6 Å². The summed E-state index contributed by atoms with van der Waals surface area (Å²) in [5.74, 6) is 2.05. The van der Waals surface area contributed by atoms with Gasteiger partial charge >= 0.3 is 21.1 Å². The summed E-state index contributed by atoms with van der Waals surface area (Å²) in [6.45, 7) is 39.1. The van der Waals surface area contributed by atoms with Crippen molar-refractivity contribution in [3.63, 3.8) is 0 Å². The van der Waals surface area contributed by atoms with Crippen molar-refractivity contribution in [2.45, 2.75) is 143 Å². The van der Waals surface area contributed by atoms with E-state index in [1.807, 2.05) is 18.3 Å². The maximum absolute atomic E-state index is 6.88. The molecule has 0 unspecified atom stereocenters. The Morgan fingerprint density at radius 1 is 0.442 bits per heavy atom. The number of pyridine rings is 1. The third kappa shape index (κ3) is 10.8. The van der Waals surface area contributed by atoms with Gasteiger partial charge in [0.15, 0.2) is 0 Å². The van der Waals surface area contributed by atoms with Crippen LogP contribution >= 0.6 is 0 Å². The second kappa shape index (κ2) is 20.4. The van der Waals surface area contributed by atoms with Crippen molar-refractivity contribution in [1.29, 1.82) is 0 Å². The fourth-order valence-electron chi connectivity index (χ4n) is 10.7. The van der Waals surface area contributed by atoms with Gasteiger partial charge in [-0.2, -0.15) is 12.1 Å². The van der Waals surface area contributed by atoms with E-state index in [0.29, 0.717) is 11.5 Å². The summed E-state index contributed by atoms with van der Waals surface area (Å²) in [6, 6.07) is 63.1. The van der Waals surface area contributed by atoms with Crippen LogP contribution in [0, 0.1) is 26.2 Å². The number of fused-ring (bicyclic) bond motifs is 4. The fraction of sp³-hybridized carbons (Fsp3) is 0.310. The van der Waals surface area contributed by atoms with E-state index in [2.05, 4.69) is 283 Å². The smallest absolute Gasteiger partial charge is 0.509 e. The maximum atomic E-state index is 6.88. The molecule has 1 aliphatic heterocycles. The van der Waals surface area contributed by atoms with Crippen molar-refractivity contribution in [1.82, 2.24) is 9.55 Å². The molecule has 9 aromatic rings. The summed E-state index contributed by atoms with van der Waals surface area (Å²) < 4.78 is 9.13. The van der Waals surface area contributed by atoms with Gasteiger partial charge in [0.2, 0.25) is 0 Å². The molecule has 0 saturated heterocycles. The molecular weight excluding hydrogens is 1120 g/mol. The van der Waals surface area contributed by atoms with E-state index in [4.69, 9.17) is 9.72 Å². The monoisotopic (exact) mass is 1200 g/mol. The number of hydrogen-bond donors (Lipinski definition) is 0. The molecule has 77 heavy (non-hydrogen) atoms. The van der Waals surface area contributed by atoms with Gasteiger partial charge in [0.1, 0.15) is 5.82 Å². The number of ether oxygens (including phenoxy) is 1. The van der Waals surface area contributed by atoms with Crippen LogP contribution in [-0.2, 0) is 53.6 Å². The normalized spacial score (nSPS) is 13.4. The maximum Gasteiger partial charge on any atom is 4.00 e. The first-order valence-electron chi connectivity index (χ1n) is 26.8. The summed E-state index contributed by atoms with van der Waals surface area (Å²) >= 11 is 0. The predicted octanol–water partition coefficient (Wildman–Crippen LogP) is 19.3. The van der Waals surface area contributed by atoms with Crippen LogP contribution in [0.1, 0.15) is 155 Å². The van der Waals surface area contributed by atoms with E-state index in [1.54, 1.807) is 0 Å². The fourth-order valence-corrected chi connectivity index (χ4v) is 10.7. The Morgan fingerprint density at radius 3 is 1.51 bits per heavy atom. The van der Waals surface area contributed by atoms with Crippen LogP contribution in [0.4, 0.5) is 22.7 Å². The minimum absolute atomic E-state index is 0. The van der Waals surface area contributed by atoms with E-state index < -0.39 is 0 Å². The topological polar surface area (TPSA) is 33.5 Å². The summed E-state index contributed by atoms with van der Waals surface area (Å²) in [5, 5.41) is 2.26. The van der Waals surface area contributed by atoms with Gasteiger partial charge in [-0.05, 0) is 114 Å². The molecule has 7 aromatic carbocycles. The largest absolute Gasteiger partial charge is 4.00 e. The molecule has 3 heterocycles. The van der Waals surface area contributed by atoms with Crippen LogP contribution in [0.25, 0.3) is 27.6 Å². The third-order valence-electron chi connectivity index (χ3n) is 15.7. The molecule has 2 aromatic heterocycles. The van der Waals surface area contributed by atoms with Crippen molar-refractivity contribution in [3.8, 4) is 17.3 Å². The second-order valence-corrected chi connectivity index (χ2v) is 26.0. The Hall–Kier alpha value is -6.42. The number of benzene rings is 7. The number of hydrogen-bond acceptors (Lipinski definition) is 4. The Kier molecular flexibility index (Phi) is 15.1. The predicted molar refractivity (Wildman–Crippen MR) is 323 cm³/mol. The van der Waals surface area contributed by atoms with Crippen molar-refractivity contribution in [2.24, 2.45) is 0 Å². The number of aromatic nitrogens is 2. The Balaban J connectivity index is 0.00000392. The third-order valence-corrected chi connectivity index (χ3v) is 15.7. The average Bonchev–Trinajstić information content (AvgIpc) is 3.98. The summed E-state index contributed by atoms with van der Waals surface area (Å²) in [6.07, 6.45) is 1.92. The Morgan fingerprint density at radius 2 is 0.961 bits per heavy atom. The van der Waals surface area contributed by atoms with Gasteiger partial charge in [0.25, 0.3) is 0 Å². The molecular formula is C71H78N4OPt. The quantitative estimate of drug-likeness (QED) is 0.135. The van der Waals surface area contributed by atoms with Crippen LogP contribution in [0.3, 0.4) is 0 Å². The molecule has 0 N–H and O–H groups in total. The van der Waals surface area contributed by atoms with Gasteiger partial charge in [-0.3, -0.25) is 0 Å². The molecule has 6 heteroatoms. The van der Waals surface area contributed by atoms with Gasteiger partial charge in [-0.25, -0.2) is 4.98 Å². The van der Waals surface area contributed by atoms with Crippen LogP contribution in [0.15, 0.2) is 158 Å². The van der Waals surface area contributed by atoms with Crippen LogP contribution in [-0.4, -0.2) is 9.55 Å². The van der Waals surface area contributed by atoms with Gasteiger partial charge in [-0.15, -0.1) is 48.1 Å². The number of anilines is 4. The van der Waals surface area contributed by atoms with Crippen LogP contribution in [0.2, 0.25) is 0 Å². The molecule has 10 rings (SSSR count). The van der Waals surface area contributed by atoms with Gasteiger partial charge in [0, 0.05) is 51.1 Å². The molecule has 0 spiro atoms.